The number of hydrogen-bond donors (Lipinski definition) is 0. The molecule has 0 saturated heterocycles. The van der Waals surface area contributed by atoms with Crippen LogP contribution in [0.1, 0.15) is 47.5 Å². The number of hydrogen-bond acceptors (Lipinski definition) is 1. The van der Waals surface area contributed by atoms with E-state index in [0.717, 1.165) is 12.8 Å². The molecule has 72 valence electrons. The predicted octanol–water partition coefficient (Wildman–Crippen LogP) is 3.56. The van der Waals surface area contributed by atoms with E-state index >= 15 is 0 Å². The van der Waals surface area contributed by atoms with E-state index in [1.807, 2.05) is 34.6 Å². The lowest BCUT2D eigenvalue weighted by atomic mass is 9.80. The quantitative estimate of drug-likeness (QED) is 0.683. The third-order valence-electron chi connectivity index (χ3n) is 2.21. The average Bonchev–Trinajstić information content (AvgIpc) is 2.00. The fourth-order valence-electron chi connectivity index (χ4n) is 1.24. The summed E-state index contributed by atoms with van der Waals surface area (Å²) in [5, 5.41) is 0. The summed E-state index contributed by atoms with van der Waals surface area (Å²) in [5.74, 6) is 0.306. The molecule has 0 aromatic heterocycles. The number of carbonyl (C=O) groups is 1. The molecule has 0 unspecified atom stereocenters. The zero-order valence-corrected chi connectivity index (χ0v) is 10.3. The van der Waals surface area contributed by atoms with E-state index < -0.39 is 0 Å². The molecular weight excluding hydrogens is 216 g/mol. The maximum atomic E-state index is 11.9. The molecule has 0 aliphatic heterocycles. The fourth-order valence-corrected chi connectivity index (χ4v) is 1.84. The van der Waals surface area contributed by atoms with Crippen LogP contribution in [0.4, 0.5) is 0 Å². The van der Waals surface area contributed by atoms with Crippen LogP contribution in [0, 0.1) is 5.41 Å². The minimum absolute atomic E-state index is 0.241. The normalized spacial score (nSPS) is 13.2. The van der Waals surface area contributed by atoms with Gasteiger partial charge in [-0.25, -0.2) is 0 Å². The van der Waals surface area contributed by atoms with Crippen molar-refractivity contribution < 1.29 is 4.79 Å². The maximum absolute atomic E-state index is 11.9. The molecule has 0 fully saturated rings. The first-order valence-electron chi connectivity index (χ1n) is 4.51. The number of rotatable bonds is 3. The van der Waals surface area contributed by atoms with Gasteiger partial charge in [-0.2, -0.15) is 0 Å². The molecule has 0 aromatic carbocycles. The Hall–Kier alpha value is 0.150. The lowest BCUT2D eigenvalue weighted by molar-refractivity contribution is -0.128. The summed E-state index contributed by atoms with van der Waals surface area (Å²) in [6.07, 6.45) is 1.72. The molecule has 0 rings (SSSR count). The van der Waals surface area contributed by atoms with Crippen molar-refractivity contribution in [3.63, 3.8) is 0 Å². The summed E-state index contributed by atoms with van der Waals surface area (Å²) in [6, 6.07) is 0. The van der Waals surface area contributed by atoms with Gasteiger partial charge in [-0.15, -0.1) is 0 Å². The first-order chi connectivity index (χ1) is 5.28. The van der Waals surface area contributed by atoms with Crippen LogP contribution in [0.5, 0.6) is 0 Å². The highest BCUT2D eigenvalue weighted by atomic mass is 79.9. The molecule has 0 atom stereocenters. The van der Waals surface area contributed by atoms with Gasteiger partial charge in [0.05, 0.1) is 4.32 Å². The topological polar surface area (TPSA) is 17.1 Å². The lowest BCUT2D eigenvalue weighted by Crippen LogP contribution is -2.39. The number of halogens is 1. The Morgan fingerprint density at radius 1 is 1.17 bits per heavy atom. The van der Waals surface area contributed by atoms with E-state index in [-0.39, 0.29) is 9.74 Å². The van der Waals surface area contributed by atoms with Crippen LogP contribution in [0.25, 0.3) is 0 Å². The maximum Gasteiger partial charge on any atom is 0.154 e. The number of Topliss-reactive ketones (excluding diaryl/α,β-unsaturated/α-hetero) is 1. The second-order valence-corrected chi connectivity index (χ2v) is 5.77. The summed E-state index contributed by atoms with van der Waals surface area (Å²) in [6.45, 7) is 9.99. The highest BCUT2D eigenvalue weighted by Crippen LogP contribution is 2.34. The Bertz CT molecular complexity index is 163. The van der Waals surface area contributed by atoms with Crippen molar-refractivity contribution in [3.8, 4) is 0 Å². The van der Waals surface area contributed by atoms with Crippen LogP contribution in [0.3, 0.4) is 0 Å². The highest BCUT2D eigenvalue weighted by molar-refractivity contribution is 9.10. The first-order valence-corrected chi connectivity index (χ1v) is 5.31. The molecule has 0 amide bonds. The summed E-state index contributed by atoms with van der Waals surface area (Å²) in [4.78, 5) is 11.9. The largest absolute Gasteiger partial charge is 0.298 e. The SMILES string of the molecule is CCC(Br)(CC)C(=O)C(C)(C)C. The number of alkyl halides is 1. The van der Waals surface area contributed by atoms with Gasteiger partial charge in [0.1, 0.15) is 0 Å². The molecule has 0 aliphatic carbocycles. The van der Waals surface area contributed by atoms with Gasteiger partial charge in [0.2, 0.25) is 0 Å². The van der Waals surface area contributed by atoms with Crippen LogP contribution in [0.2, 0.25) is 0 Å². The minimum atomic E-state index is -0.300. The van der Waals surface area contributed by atoms with Crippen LogP contribution >= 0.6 is 15.9 Å². The Balaban J connectivity index is 4.66. The molecule has 0 N–H and O–H groups in total. The van der Waals surface area contributed by atoms with Crippen molar-refractivity contribution in [1.82, 2.24) is 0 Å². The Labute approximate surface area is 84.1 Å². The molecule has 2 heteroatoms. The second-order valence-electron chi connectivity index (χ2n) is 4.25. The third kappa shape index (κ3) is 2.58. The Kier molecular flexibility index (Phi) is 3.95. The van der Waals surface area contributed by atoms with Gasteiger partial charge >= 0.3 is 0 Å². The highest BCUT2D eigenvalue weighted by Gasteiger charge is 2.38. The molecular formula is C10H19BrO. The molecule has 0 aliphatic rings. The van der Waals surface area contributed by atoms with Crippen molar-refractivity contribution in [3.05, 3.63) is 0 Å². The zero-order valence-electron chi connectivity index (χ0n) is 8.70. The van der Waals surface area contributed by atoms with Crippen LogP contribution in [-0.4, -0.2) is 10.1 Å². The molecule has 1 nitrogen and oxygen atoms in total. The summed E-state index contributed by atoms with van der Waals surface area (Å²) >= 11 is 3.54. The van der Waals surface area contributed by atoms with Gasteiger partial charge in [-0.05, 0) is 12.8 Å². The number of carbonyl (C=O) groups excluding carboxylic acids is 1. The van der Waals surface area contributed by atoms with Crippen LogP contribution < -0.4 is 0 Å². The molecule has 0 aromatic rings. The second kappa shape index (κ2) is 3.91. The van der Waals surface area contributed by atoms with Gasteiger partial charge in [-0.1, -0.05) is 50.5 Å². The molecule has 0 heterocycles. The van der Waals surface area contributed by atoms with E-state index in [1.165, 1.54) is 0 Å². The third-order valence-corrected chi connectivity index (χ3v) is 3.69. The summed E-state index contributed by atoms with van der Waals surface area (Å²) in [7, 11) is 0. The first kappa shape index (κ1) is 12.2. The standard InChI is InChI=1S/C10H19BrO/c1-6-10(11,7-2)8(12)9(3,4)5/h6-7H2,1-5H3. The van der Waals surface area contributed by atoms with E-state index in [2.05, 4.69) is 15.9 Å². The van der Waals surface area contributed by atoms with Crippen molar-refractivity contribution in [2.45, 2.75) is 51.8 Å². The fraction of sp³-hybridized carbons (Fsp3) is 0.900. The Morgan fingerprint density at radius 3 is 1.58 bits per heavy atom. The van der Waals surface area contributed by atoms with Gasteiger partial charge < -0.3 is 0 Å². The molecule has 0 radical (unpaired) electrons. The average molecular weight is 235 g/mol. The van der Waals surface area contributed by atoms with Crippen molar-refractivity contribution in [2.24, 2.45) is 5.41 Å². The summed E-state index contributed by atoms with van der Waals surface area (Å²) < 4.78 is -0.300. The lowest BCUT2D eigenvalue weighted by Gasteiger charge is -2.30. The number of ketones is 1. The molecule has 0 bridgehead atoms. The smallest absolute Gasteiger partial charge is 0.154 e. The minimum Gasteiger partial charge on any atom is -0.298 e. The van der Waals surface area contributed by atoms with Crippen molar-refractivity contribution in [1.29, 1.82) is 0 Å². The van der Waals surface area contributed by atoms with Gasteiger partial charge in [0.25, 0.3) is 0 Å². The van der Waals surface area contributed by atoms with Crippen molar-refractivity contribution >= 4 is 21.7 Å². The van der Waals surface area contributed by atoms with E-state index in [1.54, 1.807) is 0 Å². The van der Waals surface area contributed by atoms with Gasteiger partial charge in [0, 0.05) is 5.41 Å². The summed E-state index contributed by atoms with van der Waals surface area (Å²) in [5.41, 5.74) is -0.241. The monoisotopic (exact) mass is 234 g/mol. The van der Waals surface area contributed by atoms with E-state index in [9.17, 15) is 4.79 Å². The van der Waals surface area contributed by atoms with Crippen LogP contribution in [-0.2, 0) is 4.79 Å². The van der Waals surface area contributed by atoms with Gasteiger partial charge in [-0.3, -0.25) is 4.79 Å². The molecule has 0 spiro atoms. The van der Waals surface area contributed by atoms with Crippen LogP contribution in [0.15, 0.2) is 0 Å². The molecule has 12 heavy (non-hydrogen) atoms. The molecule has 0 saturated carbocycles. The van der Waals surface area contributed by atoms with Crippen molar-refractivity contribution in [2.75, 3.05) is 0 Å². The Morgan fingerprint density at radius 2 is 1.50 bits per heavy atom. The van der Waals surface area contributed by atoms with E-state index in [0.29, 0.717) is 5.78 Å². The van der Waals surface area contributed by atoms with Gasteiger partial charge in [0.15, 0.2) is 5.78 Å². The predicted molar refractivity (Wildman–Crippen MR) is 56.7 cm³/mol. The zero-order chi connectivity index (χ0) is 9.99. The van der Waals surface area contributed by atoms with E-state index in [4.69, 9.17) is 0 Å².